The molecule has 3 amide bonds. The highest BCUT2D eigenvalue weighted by Crippen LogP contribution is 2.61. The molecule has 0 bridgehead atoms. The predicted molar refractivity (Wildman–Crippen MR) is 107 cm³/mol. The second kappa shape index (κ2) is 5.76. The molecule has 6 rings (SSSR count). The molecule has 1 spiro atoms. The Labute approximate surface area is 172 Å². The Morgan fingerprint density at radius 3 is 2.67 bits per heavy atom. The van der Waals surface area contributed by atoms with Crippen molar-refractivity contribution in [1.29, 1.82) is 0 Å². The third kappa shape index (κ3) is 1.85. The molecule has 1 N–H and O–H groups in total. The second-order valence-corrected chi connectivity index (χ2v) is 8.59. The Hall–Kier alpha value is -3.06. The van der Waals surface area contributed by atoms with Crippen molar-refractivity contribution in [1.82, 2.24) is 4.90 Å². The molecule has 4 aliphatic heterocycles. The normalized spacial score (nSPS) is 32.0. The Bertz CT molecular complexity index is 1150. The largest absolute Gasteiger partial charge is 0.324 e. The molecule has 3 saturated heterocycles. The second-order valence-electron chi connectivity index (χ2n) is 8.59. The molecule has 0 aromatic heterocycles. The van der Waals surface area contributed by atoms with Crippen molar-refractivity contribution >= 4 is 29.1 Å². The van der Waals surface area contributed by atoms with Gasteiger partial charge in [0, 0.05) is 17.3 Å². The molecular formula is C23H20FN3O3. The van der Waals surface area contributed by atoms with Gasteiger partial charge in [0.15, 0.2) is 0 Å². The number of rotatable bonds is 1. The fourth-order valence-electron chi connectivity index (χ4n) is 6.25. The van der Waals surface area contributed by atoms with Crippen LogP contribution in [0.15, 0.2) is 42.5 Å². The minimum atomic E-state index is -1.22. The van der Waals surface area contributed by atoms with Gasteiger partial charge in [0.25, 0.3) is 0 Å². The van der Waals surface area contributed by atoms with E-state index in [9.17, 15) is 18.8 Å². The highest BCUT2D eigenvalue weighted by molar-refractivity contribution is 6.26. The maximum Gasteiger partial charge on any atom is 0.250 e. The van der Waals surface area contributed by atoms with Gasteiger partial charge in [-0.25, -0.2) is 9.29 Å². The molecule has 30 heavy (non-hydrogen) atoms. The average molecular weight is 405 g/mol. The minimum Gasteiger partial charge on any atom is -0.324 e. The Morgan fingerprint density at radius 2 is 1.87 bits per heavy atom. The number of para-hydroxylation sites is 2. The van der Waals surface area contributed by atoms with E-state index < -0.39 is 35.0 Å². The van der Waals surface area contributed by atoms with Gasteiger partial charge in [0.05, 0.1) is 17.5 Å². The number of nitrogens with one attached hydrogen (secondary N) is 1. The first-order valence-electron chi connectivity index (χ1n) is 10.3. The fourth-order valence-corrected chi connectivity index (χ4v) is 6.25. The maximum atomic E-state index is 14.5. The van der Waals surface area contributed by atoms with E-state index in [2.05, 4.69) is 10.2 Å². The molecule has 4 aliphatic rings. The third-order valence-corrected chi connectivity index (χ3v) is 7.33. The van der Waals surface area contributed by atoms with Crippen LogP contribution in [0.5, 0.6) is 0 Å². The van der Waals surface area contributed by atoms with Crippen LogP contribution in [0, 0.1) is 24.6 Å². The number of carbonyl (C=O) groups excluding carboxylic acids is 3. The molecule has 152 valence electrons. The van der Waals surface area contributed by atoms with E-state index in [0.29, 0.717) is 6.54 Å². The predicted octanol–water partition coefficient (Wildman–Crippen LogP) is 2.57. The first-order chi connectivity index (χ1) is 14.5. The van der Waals surface area contributed by atoms with E-state index >= 15 is 0 Å². The summed E-state index contributed by atoms with van der Waals surface area (Å²) in [5.41, 5.74) is 1.13. The molecule has 0 aliphatic carbocycles. The summed E-state index contributed by atoms with van der Waals surface area (Å²) in [4.78, 5) is 43.8. The van der Waals surface area contributed by atoms with Gasteiger partial charge in [0.1, 0.15) is 11.4 Å². The molecule has 2 aromatic carbocycles. The van der Waals surface area contributed by atoms with Crippen molar-refractivity contribution in [3.63, 3.8) is 0 Å². The summed E-state index contributed by atoms with van der Waals surface area (Å²) in [6.45, 7) is 2.57. The van der Waals surface area contributed by atoms with Crippen LogP contribution in [-0.2, 0) is 19.9 Å². The zero-order chi connectivity index (χ0) is 20.8. The minimum absolute atomic E-state index is 0.0375. The topological polar surface area (TPSA) is 69.7 Å². The van der Waals surface area contributed by atoms with Crippen molar-refractivity contribution in [3.05, 3.63) is 59.4 Å². The van der Waals surface area contributed by atoms with E-state index in [-0.39, 0.29) is 17.6 Å². The van der Waals surface area contributed by atoms with Crippen LogP contribution < -0.4 is 10.2 Å². The summed E-state index contributed by atoms with van der Waals surface area (Å²) in [7, 11) is 0. The van der Waals surface area contributed by atoms with Gasteiger partial charge in [-0.3, -0.25) is 19.3 Å². The van der Waals surface area contributed by atoms with E-state index in [1.165, 1.54) is 18.2 Å². The number of halogens is 1. The lowest BCUT2D eigenvalue weighted by Crippen LogP contribution is -2.54. The van der Waals surface area contributed by atoms with Gasteiger partial charge in [-0.05, 0) is 44.0 Å². The van der Waals surface area contributed by atoms with Crippen molar-refractivity contribution in [3.8, 4) is 0 Å². The number of fused-ring (bicyclic) bond motifs is 7. The molecule has 7 heteroatoms. The smallest absolute Gasteiger partial charge is 0.250 e. The standard InChI is InChI=1S/C23H20FN3O3/c1-12-6-4-7-13-19(12)25-22(30)23(13)18-17(16-10-5-11-26(16)23)20(28)27(21(18)29)15-9-3-2-8-14(15)24/h2-4,6-9,16-18H,5,10-11H2,1H3,(H,25,30)/t16-,17-,18-,23+/m1/s1. The van der Waals surface area contributed by atoms with Crippen molar-refractivity contribution in [2.45, 2.75) is 31.3 Å². The summed E-state index contributed by atoms with van der Waals surface area (Å²) in [6.07, 6.45) is 1.59. The first-order valence-corrected chi connectivity index (χ1v) is 10.3. The van der Waals surface area contributed by atoms with Gasteiger partial charge in [-0.1, -0.05) is 30.3 Å². The molecule has 0 radical (unpaired) electrons. The number of hydrogen-bond acceptors (Lipinski definition) is 4. The molecule has 6 nitrogen and oxygen atoms in total. The average Bonchev–Trinajstić information content (AvgIpc) is 3.42. The lowest BCUT2D eigenvalue weighted by atomic mass is 9.75. The van der Waals surface area contributed by atoms with Crippen molar-refractivity contribution in [2.75, 3.05) is 16.8 Å². The number of benzene rings is 2. The number of aryl methyl sites for hydroxylation is 1. The van der Waals surface area contributed by atoms with E-state index in [1.54, 1.807) is 6.07 Å². The van der Waals surface area contributed by atoms with Crippen LogP contribution in [0.4, 0.5) is 15.8 Å². The summed E-state index contributed by atoms with van der Waals surface area (Å²) in [5, 5.41) is 2.99. The molecule has 2 aromatic rings. The number of carbonyl (C=O) groups is 3. The molecule has 4 heterocycles. The number of nitrogens with zero attached hydrogens (tertiary/aromatic N) is 2. The SMILES string of the molecule is Cc1cccc2c1NC(=O)[C@@]21[C@H]2C(=O)N(c3ccccc3F)C(=O)[C@@H]2[C@H]2CCCN21. The zero-order valence-electron chi connectivity index (χ0n) is 16.4. The van der Waals surface area contributed by atoms with Gasteiger partial charge in [-0.2, -0.15) is 0 Å². The summed E-state index contributed by atoms with van der Waals surface area (Å²) >= 11 is 0. The maximum absolute atomic E-state index is 14.5. The van der Waals surface area contributed by atoms with Gasteiger partial charge in [-0.15, -0.1) is 0 Å². The lowest BCUT2D eigenvalue weighted by molar-refractivity contribution is -0.135. The molecule has 4 atom stereocenters. The Balaban J connectivity index is 1.59. The monoisotopic (exact) mass is 405 g/mol. The van der Waals surface area contributed by atoms with E-state index in [4.69, 9.17) is 0 Å². The van der Waals surface area contributed by atoms with Gasteiger partial charge in [0.2, 0.25) is 17.7 Å². The third-order valence-electron chi connectivity index (χ3n) is 7.33. The summed E-state index contributed by atoms with van der Waals surface area (Å²) < 4.78 is 14.5. The van der Waals surface area contributed by atoms with Crippen molar-refractivity contribution in [2.24, 2.45) is 11.8 Å². The molecule has 0 unspecified atom stereocenters. The first kappa shape index (κ1) is 17.8. The van der Waals surface area contributed by atoms with Gasteiger partial charge < -0.3 is 5.32 Å². The lowest BCUT2D eigenvalue weighted by Gasteiger charge is -2.36. The molecule has 3 fully saturated rings. The highest BCUT2D eigenvalue weighted by atomic mass is 19.1. The zero-order valence-corrected chi connectivity index (χ0v) is 16.4. The molecular weight excluding hydrogens is 385 g/mol. The van der Waals surface area contributed by atoms with Crippen LogP contribution in [0.2, 0.25) is 0 Å². The van der Waals surface area contributed by atoms with E-state index in [0.717, 1.165) is 34.6 Å². The van der Waals surface area contributed by atoms with Crippen LogP contribution in [0.3, 0.4) is 0 Å². The van der Waals surface area contributed by atoms with Gasteiger partial charge >= 0.3 is 0 Å². The van der Waals surface area contributed by atoms with Crippen molar-refractivity contribution < 1.29 is 18.8 Å². The van der Waals surface area contributed by atoms with Crippen LogP contribution in [0.1, 0.15) is 24.0 Å². The van der Waals surface area contributed by atoms with Crippen LogP contribution in [-0.4, -0.2) is 35.2 Å². The number of amides is 3. The molecule has 0 saturated carbocycles. The van der Waals surface area contributed by atoms with E-state index in [1.807, 2.05) is 25.1 Å². The van der Waals surface area contributed by atoms with Crippen LogP contribution in [0.25, 0.3) is 0 Å². The fraction of sp³-hybridized carbons (Fsp3) is 0.348. The Kier molecular flexibility index (Phi) is 3.41. The summed E-state index contributed by atoms with van der Waals surface area (Å²) in [5.74, 6) is -3.30. The van der Waals surface area contributed by atoms with Crippen LogP contribution >= 0.6 is 0 Å². The summed E-state index contributed by atoms with van der Waals surface area (Å²) in [6, 6.07) is 11.3. The number of anilines is 2. The number of imide groups is 1. The highest BCUT2D eigenvalue weighted by Gasteiger charge is 2.74. The Morgan fingerprint density at radius 1 is 1.07 bits per heavy atom. The number of hydrogen-bond donors (Lipinski definition) is 1. The quantitative estimate of drug-likeness (QED) is 0.741.